The molecule has 0 bridgehead atoms. The number of anilines is 1. The van der Waals surface area contributed by atoms with Crippen molar-refractivity contribution in [3.05, 3.63) is 59.7 Å². The minimum Gasteiger partial charge on any atom is -0.340 e. The number of nitrogens with zero attached hydrogens (tertiary/aromatic N) is 1. The first-order valence-corrected chi connectivity index (χ1v) is 9.01. The number of amides is 2. The zero-order valence-corrected chi connectivity index (χ0v) is 15.5. The monoisotopic (exact) mass is 404 g/mol. The molecule has 0 saturated carbocycles. The average Bonchev–Trinajstić information content (AvgIpc) is 3.09. The minimum absolute atomic E-state index is 0.0376. The normalized spacial score (nSPS) is 12.6. The number of aromatic nitrogens is 2. The molecule has 0 aliphatic carbocycles. The highest BCUT2D eigenvalue weighted by atomic mass is 19.4. The summed E-state index contributed by atoms with van der Waals surface area (Å²) in [5.41, 5.74) is 0.629. The van der Waals surface area contributed by atoms with E-state index in [0.717, 1.165) is 29.8 Å². The van der Waals surface area contributed by atoms with Crippen molar-refractivity contribution in [2.45, 2.75) is 32.0 Å². The number of carbonyl (C=O) groups excluding carboxylic acids is 2. The second-order valence-electron chi connectivity index (χ2n) is 6.48. The Bertz CT molecular complexity index is 979. The van der Waals surface area contributed by atoms with E-state index >= 15 is 0 Å². The Labute approximate surface area is 164 Å². The number of hydrogen-bond donors (Lipinski definition) is 3. The maximum absolute atomic E-state index is 12.7. The summed E-state index contributed by atoms with van der Waals surface area (Å²) < 4.78 is 38.0. The fraction of sp³-hybridized carbons (Fsp3) is 0.250. The lowest BCUT2D eigenvalue weighted by Gasteiger charge is -2.17. The number of carbonyl (C=O) groups is 2. The molecule has 29 heavy (non-hydrogen) atoms. The molecule has 1 aromatic heterocycles. The lowest BCUT2D eigenvalue weighted by atomic mass is 10.1. The van der Waals surface area contributed by atoms with Crippen LogP contribution in [0.2, 0.25) is 0 Å². The number of benzene rings is 2. The van der Waals surface area contributed by atoms with E-state index in [-0.39, 0.29) is 11.5 Å². The van der Waals surface area contributed by atoms with Gasteiger partial charge in [-0.2, -0.15) is 13.2 Å². The highest BCUT2D eigenvalue weighted by molar-refractivity contribution is 6.01. The van der Waals surface area contributed by atoms with Gasteiger partial charge >= 0.3 is 6.18 Å². The lowest BCUT2D eigenvalue weighted by Crippen LogP contribution is -2.43. The molecule has 0 spiro atoms. The number of H-pyrrole nitrogens is 1. The minimum atomic E-state index is -4.48. The molecule has 2 amide bonds. The second kappa shape index (κ2) is 8.34. The molecule has 1 heterocycles. The zero-order valence-electron chi connectivity index (χ0n) is 15.5. The van der Waals surface area contributed by atoms with E-state index in [9.17, 15) is 22.8 Å². The number of halogens is 3. The van der Waals surface area contributed by atoms with E-state index in [4.69, 9.17) is 0 Å². The molecule has 3 N–H and O–H groups in total. The van der Waals surface area contributed by atoms with E-state index in [1.165, 1.54) is 0 Å². The quantitative estimate of drug-likeness (QED) is 0.578. The summed E-state index contributed by atoms with van der Waals surface area (Å²) in [7, 11) is 0. The topological polar surface area (TPSA) is 86.9 Å². The first kappa shape index (κ1) is 20.4. The molecule has 0 fully saturated rings. The number of alkyl halides is 3. The van der Waals surface area contributed by atoms with Crippen molar-refractivity contribution in [1.29, 1.82) is 0 Å². The molecule has 6 nitrogen and oxygen atoms in total. The fourth-order valence-electron chi connectivity index (χ4n) is 2.83. The van der Waals surface area contributed by atoms with E-state index in [1.54, 1.807) is 6.07 Å². The van der Waals surface area contributed by atoms with Gasteiger partial charge in [-0.3, -0.25) is 14.9 Å². The first-order valence-electron chi connectivity index (χ1n) is 9.01. The third-order valence-corrected chi connectivity index (χ3v) is 4.30. The van der Waals surface area contributed by atoms with Gasteiger partial charge < -0.3 is 10.3 Å². The predicted octanol–water partition coefficient (Wildman–Crippen LogP) is 4.12. The Kier molecular flexibility index (Phi) is 5.86. The summed E-state index contributed by atoms with van der Waals surface area (Å²) in [5.74, 6) is -0.843. The number of imidazole rings is 1. The highest BCUT2D eigenvalue weighted by Crippen LogP contribution is 2.29. The first-order chi connectivity index (χ1) is 13.8. The molecule has 3 aromatic rings. The van der Waals surface area contributed by atoms with Crippen LogP contribution < -0.4 is 10.6 Å². The van der Waals surface area contributed by atoms with Gasteiger partial charge in [-0.15, -0.1) is 0 Å². The van der Waals surface area contributed by atoms with Crippen LogP contribution in [0.4, 0.5) is 19.1 Å². The highest BCUT2D eigenvalue weighted by Gasteiger charge is 2.30. The smallest absolute Gasteiger partial charge is 0.340 e. The summed E-state index contributed by atoms with van der Waals surface area (Å²) in [6.45, 7) is 1.85. The number of nitrogens with one attached hydrogen (secondary N) is 3. The van der Waals surface area contributed by atoms with Crippen LogP contribution >= 0.6 is 0 Å². The molecular weight excluding hydrogens is 385 g/mol. The predicted molar refractivity (Wildman–Crippen MR) is 102 cm³/mol. The molecule has 0 radical (unpaired) electrons. The van der Waals surface area contributed by atoms with Crippen molar-refractivity contribution in [2.75, 3.05) is 5.32 Å². The van der Waals surface area contributed by atoms with Crippen LogP contribution in [0.25, 0.3) is 11.0 Å². The Morgan fingerprint density at radius 3 is 2.41 bits per heavy atom. The Morgan fingerprint density at radius 1 is 1.10 bits per heavy atom. The van der Waals surface area contributed by atoms with Gasteiger partial charge in [0.2, 0.25) is 11.9 Å². The summed E-state index contributed by atoms with van der Waals surface area (Å²) in [4.78, 5) is 32.2. The third kappa shape index (κ3) is 4.92. The van der Waals surface area contributed by atoms with E-state index < -0.39 is 29.6 Å². The Morgan fingerprint density at radius 2 is 1.79 bits per heavy atom. The van der Waals surface area contributed by atoms with E-state index in [0.29, 0.717) is 18.4 Å². The number of para-hydroxylation sites is 2. The third-order valence-electron chi connectivity index (χ3n) is 4.30. The summed E-state index contributed by atoms with van der Waals surface area (Å²) in [6.07, 6.45) is -3.50. The Hall–Kier alpha value is -3.36. The maximum atomic E-state index is 12.7. The molecule has 3 rings (SSSR count). The largest absolute Gasteiger partial charge is 0.416 e. The van der Waals surface area contributed by atoms with E-state index in [1.807, 2.05) is 25.1 Å². The molecule has 0 aliphatic rings. The molecular formula is C20H19F3N4O2. The summed E-state index contributed by atoms with van der Waals surface area (Å²) in [6, 6.07) is 10.2. The zero-order chi connectivity index (χ0) is 21.0. The molecule has 2 aromatic carbocycles. The number of hydrogen-bond acceptors (Lipinski definition) is 3. The van der Waals surface area contributed by atoms with Gasteiger partial charge in [0.05, 0.1) is 16.6 Å². The SMILES string of the molecule is CCC[C@@H](NC(=O)c1ccc(C(F)(F)F)cc1)C(=O)Nc1nc2ccccc2[nH]1. The second-order valence-corrected chi connectivity index (χ2v) is 6.48. The van der Waals surface area contributed by atoms with Crippen molar-refractivity contribution in [3.63, 3.8) is 0 Å². The summed E-state index contributed by atoms with van der Waals surface area (Å²) in [5, 5.41) is 5.21. The van der Waals surface area contributed by atoms with Crippen molar-refractivity contribution in [2.24, 2.45) is 0 Å². The van der Waals surface area contributed by atoms with Crippen molar-refractivity contribution < 1.29 is 22.8 Å². The molecule has 9 heteroatoms. The maximum Gasteiger partial charge on any atom is 0.416 e. The standard InChI is InChI=1S/C20H19F3N4O2/c1-2-5-16(18(29)27-19-25-14-6-3-4-7-15(14)26-19)24-17(28)12-8-10-13(11-9-12)20(21,22)23/h3-4,6-11,16H,2,5H2,1H3,(H,24,28)(H2,25,26,27,29)/t16-/m1/s1. The number of rotatable bonds is 6. The van der Waals surface area contributed by atoms with Gasteiger partial charge in [0, 0.05) is 5.56 Å². The van der Waals surface area contributed by atoms with Crippen LogP contribution in [0.15, 0.2) is 48.5 Å². The lowest BCUT2D eigenvalue weighted by molar-refractivity contribution is -0.137. The van der Waals surface area contributed by atoms with Crippen LogP contribution in [-0.2, 0) is 11.0 Å². The van der Waals surface area contributed by atoms with Crippen LogP contribution in [-0.4, -0.2) is 27.8 Å². The van der Waals surface area contributed by atoms with Gasteiger partial charge in [0.15, 0.2) is 0 Å². The van der Waals surface area contributed by atoms with Crippen LogP contribution in [0, 0.1) is 0 Å². The van der Waals surface area contributed by atoms with Gasteiger partial charge in [0.1, 0.15) is 6.04 Å². The van der Waals surface area contributed by atoms with Gasteiger partial charge in [-0.25, -0.2) is 4.98 Å². The van der Waals surface area contributed by atoms with Gasteiger partial charge in [-0.1, -0.05) is 25.5 Å². The fourth-order valence-corrected chi connectivity index (χ4v) is 2.83. The Balaban J connectivity index is 1.69. The number of fused-ring (bicyclic) bond motifs is 1. The molecule has 152 valence electrons. The molecule has 0 unspecified atom stereocenters. The molecule has 1 atom stereocenters. The van der Waals surface area contributed by atoms with Crippen molar-refractivity contribution in [3.8, 4) is 0 Å². The van der Waals surface area contributed by atoms with Gasteiger partial charge in [-0.05, 0) is 42.8 Å². The molecule has 0 aliphatic heterocycles. The van der Waals surface area contributed by atoms with Crippen LogP contribution in [0.5, 0.6) is 0 Å². The van der Waals surface area contributed by atoms with Gasteiger partial charge in [0.25, 0.3) is 5.91 Å². The average molecular weight is 404 g/mol. The van der Waals surface area contributed by atoms with Crippen LogP contribution in [0.3, 0.4) is 0 Å². The summed E-state index contributed by atoms with van der Waals surface area (Å²) >= 11 is 0. The number of aromatic amines is 1. The van der Waals surface area contributed by atoms with E-state index in [2.05, 4.69) is 20.6 Å². The molecule has 0 saturated heterocycles. The van der Waals surface area contributed by atoms with Crippen molar-refractivity contribution in [1.82, 2.24) is 15.3 Å². The van der Waals surface area contributed by atoms with Crippen LogP contribution in [0.1, 0.15) is 35.7 Å². The van der Waals surface area contributed by atoms with Crippen molar-refractivity contribution >= 4 is 28.8 Å².